The Kier molecular flexibility index (Phi) is 5.85. The van der Waals surface area contributed by atoms with Crippen molar-refractivity contribution in [3.05, 3.63) is 57.7 Å². The third-order valence-corrected chi connectivity index (χ3v) is 3.66. The molecule has 2 rings (SSSR count). The maximum absolute atomic E-state index is 6.23. The van der Waals surface area contributed by atoms with Gasteiger partial charge in [-0.3, -0.25) is 4.90 Å². The van der Waals surface area contributed by atoms with Crippen molar-refractivity contribution in [3.8, 4) is 0 Å². The van der Waals surface area contributed by atoms with E-state index >= 15 is 0 Å². The molecule has 1 heterocycles. The van der Waals surface area contributed by atoms with E-state index in [2.05, 4.69) is 15.2 Å². The van der Waals surface area contributed by atoms with E-state index in [9.17, 15) is 0 Å². The van der Waals surface area contributed by atoms with Gasteiger partial charge in [-0.25, -0.2) is 4.98 Å². The standard InChI is InChI=1S/C16H19Cl2N3/c1-3-19-16-9-8-14(18)15(20-16)11-21(2)10-12-4-6-13(17)7-5-12/h4-9H,3,10-11H2,1-2H3,(H,19,20). The highest BCUT2D eigenvalue weighted by atomic mass is 35.5. The van der Waals surface area contributed by atoms with Crippen molar-refractivity contribution in [2.75, 3.05) is 18.9 Å². The summed E-state index contributed by atoms with van der Waals surface area (Å²) in [6, 6.07) is 11.7. The molecular formula is C16H19Cl2N3. The second-order valence-corrected chi connectivity index (χ2v) is 5.80. The first-order valence-electron chi connectivity index (χ1n) is 6.90. The molecule has 0 fully saturated rings. The van der Waals surface area contributed by atoms with Crippen LogP contribution >= 0.6 is 23.2 Å². The smallest absolute Gasteiger partial charge is 0.126 e. The Balaban J connectivity index is 2.03. The van der Waals surface area contributed by atoms with Crippen LogP contribution in [0.3, 0.4) is 0 Å². The number of anilines is 1. The van der Waals surface area contributed by atoms with Gasteiger partial charge in [-0.2, -0.15) is 0 Å². The maximum Gasteiger partial charge on any atom is 0.126 e. The summed E-state index contributed by atoms with van der Waals surface area (Å²) in [5.41, 5.74) is 2.09. The molecule has 1 N–H and O–H groups in total. The molecule has 0 saturated carbocycles. The van der Waals surface area contributed by atoms with Gasteiger partial charge in [0.1, 0.15) is 5.82 Å². The fourth-order valence-electron chi connectivity index (χ4n) is 2.09. The van der Waals surface area contributed by atoms with Crippen molar-refractivity contribution >= 4 is 29.0 Å². The third kappa shape index (κ3) is 4.88. The van der Waals surface area contributed by atoms with Crippen molar-refractivity contribution in [1.29, 1.82) is 0 Å². The minimum absolute atomic E-state index is 0.694. The fraction of sp³-hybridized carbons (Fsp3) is 0.312. The van der Waals surface area contributed by atoms with E-state index in [0.717, 1.165) is 29.6 Å². The molecule has 0 unspecified atom stereocenters. The van der Waals surface area contributed by atoms with Gasteiger partial charge in [-0.05, 0) is 43.8 Å². The molecule has 0 spiro atoms. The van der Waals surface area contributed by atoms with Crippen LogP contribution in [0, 0.1) is 0 Å². The first-order valence-corrected chi connectivity index (χ1v) is 7.66. The predicted molar refractivity (Wildman–Crippen MR) is 90.0 cm³/mol. The molecule has 5 heteroatoms. The van der Waals surface area contributed by atoms with Crippen LogP contribution in [0.25, 0.3) is 0 Å². The number of nitrogens with zero attached hydrogens (tertiary/aromatic N) is 2. The van der Waals surface area contributed by atoms with E-state index in [-0.39, 0.29) is 0 Å². The Morgan fingerprint density at radius 3 is 2.43 bits per heavy atom. The van der Waals surface area contributed by atoms with Crippen molar-refractivity contribution in [3.63, 3.8) is 0 Å². The molecule has 0 aliphatic heterocycles. The number of halogens is 2. The highest BCUT2D eigenvalue weighted by molar-refractivity contribution is 6.31. The zero-order valence-corrected chi connectivity index (χ0v) is 13.7. The number of hydrogen-bond acceptors (Lipinski definition) is 3. The predicted octanol–water partition coefficient (Wildman–Crippen LogP) is 4.45. The lowest BCUT2D eigenvalue weighted by Crippen LogP contribution is -2.18. The average Bonchev–Trinajstić information content (AvgIpc) is 2.45. The van der Waals surface area contributed by atoms with E-state index in [1.165, 1.54) is 5.56 Å². The Morgan fingerprint density at radius 2 is 1.76 bits per heavy atom. The van der Waals surface area contributed by atoms with E-state index in [0.29, 0.717) is 11.6 Å². The zero-order valence-electron chi connectivity index (χ0n) is 12.2. The number of pyridine rings is 1. The van der Waals surface area contributed by atoms with E-state index < -0.39 is 0 Å². The highest BCUT2D eigenvalue weighted by Crippen LogP contribution is 2.19. The van der Waals surface area contributed by atoms with Crippen LogP contribution < -0.4 is 5.32 Å². The van der Waals surface area contributed by atoms with E-state index in [4.69, 9.17) is 23.2 Å². The number of benzene rings is 1. The summed E-state index contributed by atoms with van der Waals surface area (Å²) in [5.74, 6) is 0.858. The van der Waals surface area contributed by atoms with Gasteiger partial charge in [-0.1, -0.05) is 35.3 Å². The monoisotopic (exact) mass is 323 g/mol. The van der Waals surface area contributed by atoms with Gasteiger partial charge in [0.2, 0.25) is 0 Å². The van der Waals surface area contributed by atoms with Crippen LogP contribution in [0.4, 0.5) is 5.82 Å². The molecule has 0 bridgehead atoms. The van der Waals surface area contributed by atoms with Crippen LogP contribution in [0.2, 0.25) is 10.0 Å². The van der Waals surface area contributed by atoms with Gasteiger partial charge in [-0.15, -0.1) is 0 Å². The summed E-state index contributed by atoms with van der Waals surface area (Å²) >= 11 is 12.1. The summed E-state index contributed by atoms with van der Waals surface area (Å²) in [4.78, 5) is 6.73. The molecule has 0 aliphatic carbocycles. The van der Waals surface area contributed by atoms with E-state index in [1.807, 2.05) is 50.4 Å². The van der Waals surface area contributed by atoms with Gasteiger partial charge in [0.05, 0.1) is 10.7 Å². The minimum atomic E-state index is 0.694. The fourth-order valence-corrected chi connectivity index (χ4v) is 2.38. The maximum atomic E-state index is 6.23. The number of aromatic nitrogens is 1. The molecule has 0 atom stereocenters. The first-order chi connectivity index (χ1) is 10.1. The molecular weight excluding hydrogens is 305 g/mol. The molecule has 21 heavy (non-hydrogen) atoms. The molecule has 1 aromatic heterocycles. The molecule has 3 nitrogen and oxygen atoms in total. The van der Waals surface area contributed by atoms with Crippen LogP contribution in [0.1, 0.15) is 18.2 Å². The number of hydrogen-bond donors (Lipinski definition) is 1. The minimum Gasteiger partial charge on any atom is -0.370 e. The van der Waals surface area contributed by atoms with Crippen LogP contribution in [0.5, 0.6) is 0 Å². The average molecular weight is 324 g/mol. The van der Waals surface area contributed by atoms with Crippen LogP contribution in [-0.4, -0.2) is 23.5 Å². The SMILES string of the molecule is CCNc1ccc(Cl)c(CN(C)Cc2ccc(Cl)cc2)n1. The van der Waals surface area contributed by atoms with Crippen molar-refractivity contribution in [2.45, 2.75) is 20.0 Å². The summed E-state index contributed by atoms with van der Waals surface area (Å²) in [7, 11) is 2.05. The van der Waals surface area contributed by atoms with Gasteiger partial charge in [0, 0.05) is 24.7 Å². The second-order valence-electron chi connectivity index (χ2n) is 4.95. The molecule has 2 aromatic rings. The quantitative estimate of drug-likeness (QED) is 0.851. The summed E-state index contributed by atoms with van der Waals surface area (Å²) < 4.78 is 0. The summed E-state index contributed by atoms with van der Waals surface area (Å²) in [6.07, 6.45) is 0. The van der Waals surface area contributed by atoms with Crippen LogP contribution in [-0.2, 0) is 13.1 Å². The molecule has 112 valence electrons. The van der Waals surface area contributed by atoms with Gasteiger partial charge in [0.25, 0.3) is 0 Å². The van der Waals surface area contributed by atoms with Crippen LogP contribution in [0.15, 0.2) is 36.4 Å². The molecule has 0 aliphatic rings. The lowest BCUT2D eigenvalue weighted by molar-refractivity contribution is 0.315. The van der Waals surface area contributed by atoms with Crippen molar-refractivity contribution in [2.24, 2.45) is 0 Å². The third-order valence-electron chi connectivity index (χ3n) is 3.06. The molecule has 1 aromatic carbocycles. The summed E-state index contributed by atoms with van der Waals surface area (Å²) in [5, 5.41) is 4.65. The van der Waals surface area contributed by atoms with E-state index in [1.54, 1.807) is 0 Å². The lowest BCUT2D eigenvalue weighted by Gasteiger charge is -2.17. The Morgan fingerprint density at radius 1 is 1.05 bits per heavy atom. The molecule has 0 radical (unpaired) electrons. The zero-order chi connectivity index (χ0) is 15.2. The lowest BCUT2D eigenvalue weighted by atomic mass is 10.2. The molecule has 0 saturated heterocycles. The van der Waals surface area contributed by atoms with Gasteiger partial charge < -0.3 is 5.32 Å². The first kappa shape index (κ1) is 16.1. The highest BCUT2D eigenvalue weighted by Gasteiger charge is 2.08. The van der Waals surface area contributed by atoms with Gasteiger partial charge >= 0.3 is 0 Å². The van der Waals surface area contributed by atoms with Crippen molar-refractivity contribution < 1.29 is 0 Å². The van der Waals surface area contributed by atoms with Crippen molar-refractivity contribution in [1.82, 2.24) is 9.88 Å². The van der Waals surface area contributed by atoms with Gasteiger partial charge in [0.15, 0.2) is 0 Å². The largest absolute Gasteiger partial charge is 0.370 e. The normalized spacial score (nSPS) is 10.9. The Labute approximate surface area is 135 Å². The Hall–Kier alpha value is -1.29. The summed E-state index contributed by atoms with van der Waals surface area (Å²) in [6.45, 7) is 4.40. The topological polar surface area (TPSA) is 28.2 Å². The number of rotatable bonds is 6. The second kappa shape index (κ2) is 7.64. The molecule has 0 amide bonds. The Bertz CT molecular complexity index is 585. The number of nitrogens with one attached hydrogen (secondary N) is 1.